The molecule has 1 atom stereocenters. The average molecular weight is 396 g/mol. The molecule has 3 aromatic carbocycles. The summed E-state index contributed by atoms with van der Waals surface area (Å²) in [7, 11) is -2.51. The second-order valence-electron chi connectivity index (χ2n) is 5.35. The summed E-state index contributed by atoms with van der Waals surface area (Å²) in [5.41, 5.74) is 1.88. The van der Waals surface area contributed by atoms with Gasteiger partial charge in [-0.2, -0.15) is 0 Å². The molecular formula is C21H16BrOS+. The van der Waals surface area contributed by atoms with Crippen molar-refractivity contribution in [3.63, 3.8) is 0 Å². The van der Waals surface area contributed by atoms with Crippen molar-refractivity contribution in [1.29, 1.82) is 0 Å². The highest BCUT2D eigenvalue weighted by Crippen LogP contribution is 2.24. The Bertz CT molecular complexity index is 907. The molecule has 0 fully saturated rings. The second-order valence-corrected chi connectivity index (χ2v) is 8.58. The van der Waals surface area contributed by atoms with E-state index in [1.807, 2.05) is 84.9 Å². The van der Waals surface area contributed by atoms with Gasteiger partial charge in [0.25, 0.3) is 0 Å². The molecule has 0 radical (unpaired) electrons. The zero-order valence-corrected chi connectivity index (χ0v) is 15.4. The van der Waals surface area contributed by atoms with Gasteiger partial charge >= 0.3 is 0 Å². The largest absolute Gasteiger partial charge is 0.197 e. The van der Waals surface area contributed by atoms with E-state index < -0.39 is 9.93 Å². The summed E-state index contributed by atoms with van der Waals surface area (Å²) in [6.07, 6.45) is 0. The number of hydrogen-bond donors (Lipinski definition) is 0. The smallest absolute Gasteiger partial charge is 0.0836 e. The SMILES string of the molecule is O=[S+](C#Cc1ccccc1)(Cc1ccc(Br)cc1)c1ccccc1. The van der Waals surface area contributed by atoms with Crippen LogP contribution in [0.25, 0.3) is 0 Å². The van der Waals surface area contributed by atoms with Gasteiger partial charge in [-0.3, -0.25) is 0 Å². The van der Waals surface area contributed by atoms with E-state index in [1.165, 1.54) is 0 Å². The van der Waals surface area contributed by atoms with Gasteiger partial charge in [0.2, 0.25) is 0 Å². The molecule has 3 heteroatoms. The third-order valence-electron chi connectivity index (χ3n) is 3.54. The lowest BCUT2D eigenvalue weighted by molar-refractivity contribution is 0.590. The van der Waals surface area contributed by atoms with Crippen molar-refractivity contribution in [3.8, 4) is 11.2 Å². The van der Waals surface area contributed by atoms with Gasteiger partial charge in [-0.1, -0.05) is 68.7 Å². The molecule has 0 aliphatic rings. The average Bonchev–Trinajstić information content (AvgIpc) is 2.64. The Morgan fingerprint density at radius 2 is 1.38 bits per heavy atom. The van der Waals surface area contributed by atoms with Crippen molar-refractivity contribution < 1.29 is 4.21 Å². The van der Waals surface area contributed by atoms with Crippen LogP contribution >= 0.6 is 15.9 Å². The van der Waals surface area contributed by atoms with E-state index in [4.69, 9.17) is 0 Å². The fourth-order valence-electron chi connectivity index (χ4n) is 2.30. The molecule has 0 saturated heterocycles. The monoisotopic (exact) mass is 395 g/mol. The van der Waals surface area contributed by atoms with Gasteiger partial charge in [0.05, 0.1) is 0 Å². The summed E-state index contributed by atoms with van der Waals surface area (Å²) >= 11 is 3.43. The number of hydrogen-bond acceptors (Lipinski definition) is 1. The standard InChI is InChI=1S/C21H16BrOS/c22-20-13-11-19(12-14-20)17-24(23,21-9-5-2-6-10-21)16-15-18-7-3-1-4-8-18/h1-14H,17H2/q+1. The molecule has 0 amide bonds. The topological polar surface area (TPSA) is 17.1 Å². The van der Waals surface area contributed by atoms with Crippen LogP contribution in [-0.2, 0) is 19.9 Å². The zero-order valence-electron chi connectivity index (χ0n) is 13.0. The van der Waals surface area contributed by atoms with E-state index in [2.05, 4.69) is 27.1 Å². The first-order chi connectivity index (χ1) is 11.7. The Morgan fingerprint density at radius 1 is 0.792 bits per heavy atom. The molecule has 3 rings (SSSR count). The van der Waals surface area contributed by atoms with Crippen molar-refractivity contribution in [1.82, 2.24) is 0 Å². The maximum atomic E-state index is 13.6. The minimum atomic E-state index is -2.51. The third kappa shape index (κ3) is 4.23. The van der Waals surface area contributed by atoms with Crippen LogP contribution < -0.4 is 0 Å². The highest BCUT2D eigenvalue weighted by atomic mass is 79.9. The zero-order chi connectivity index (χ0) is 16.8. The summed E-state index contributed by atoms with van der Waals surface area (Å²) in [5.74, 6) is 3.49. The van der Waals surface area contributed by atoms with Gasteiger partial charge in [-0.15, -0.1) is 0 Å². The maximum Gasteiger partial charge on any atom is 0.197 e. The molecular weight excluding hydrogens is 380 g/mol. The minimum absolute atomic E-state index is 0.407. The van der Waals surface area contributed by atoms with Crippen molar-refractivity contribution >= 4 is 25.9 Å². The molecule has 0 N–H and O–H groups in total. The third-order valence-corrected chi connectivity index (χ3v) is 6.28. The van der Waals surface area contributed by atoms with E-state index in [-0.39, 0.29) is 0 Å². The summed E-state index contributed by atoms with van der Waals surface area (Å²) in [6, 6.07) is 27.1. The normalized spacial score (nSPS) is 12.7. The molecule has 0 aromatic heterocycles. The maximum absolute atomic E-state index is 13.6. The van der Waals surface area contributed by atoms with Crippen molar-refractivity contribution in [2.75, 3.05) is 0 Å². The lowest BCUT2D eigenvalue weighted by Gasteiger charge is -2.06. The molecule has 1 unspecified atom stereocenters. The van der Waals surface area contributed by atoms with E-state index in [9.17, 15) is 4.21 Å². The first-order valence-corrected chi connectivity index (χ1v) is 10.1. The number of benzene rings is 3. The van der Waals surface area contributed by atoms with Crippen molar-refractivity contribution in [2.24, 2.45) is 0 Å². The Kier molecular flexibility index (Phi) is 5.30. The molecule has 0 aliphatic carbocycles. The molecule has 0 heterocycles. The van der Waals surface area contributed by atoms with Crippen LogP contribution in [0.1, 0.15) is 11.1 Å². The van der Waals surface area contributed by atoms with Crippen LogP contribution in [0.3, 0.4) is 0 Å². The fourth-order valence-corrected chi connectivity index (χ4v) is 4.46. The van der Waals surface area contributed by atoms with E-state index in [0.717, 1.165) is 20.5 Å². The van der Waals surface area contributed by atoms with Crippen molar-refractivity contribution in [2.45, 2.75) is 10.6 Å². The van der Waals surface area contributed by atoms with Gasteiger partial charge in [0, 0.05) is 15.6 Å². The minimum Gasteiger partial charge on any atom is -0.0836 e. The highest BCUT2D eigenvalue weighted by Gasteiger charge is 2.30. The van der Waals surface area contributed by atoms with Crippen LogP contribution in [0.4, 0.5) is 0 Å². The van der Waals surface area contributed by atoms with Gasteiger partial charge in [0.1, 0.15) is 0 Å². The number of rotatable bonds is 3. The highest BCUT2D eigenvalue weighted by molar-refractivity contribution is 9.10. The Hall–Kier alpha value is -2.15. The lowest BCUT2D eigenvalue weighted by atomic mass is 10.2. The fraction of sp³-hybridized carbons (Fsp3) is 0.0476. The first-order valence-electron chi connectivity index (χ1n) is 7.55. The van der Waals surface area contributed by atoms with Crippen LogP contribution in [0.5, 0.6) is 0 Å². The Balaban J connectivity index is 2.00. The van der Waals surface area contributed by atoms with E-state index in [0.29, 0.717) is 5.75 Å². The predicted octanol–water partition coefficient (Wildman–Crippen LogP) is 5.52. The van der Waals surface area contributed by atoms with Crippen molar-refractivity contribution in [3.05, 3.63) is 101 Å². The summed E-state index contributed by atoms with van der Waals surface area (Å²) < 4.78 is 14.6. The molecule has 0 aliphatic heterocycles. The Morgan fingerprint density at radius 3 is 2.00 bits per heavy atom. The molecule has 3 aromatic rings. The van der Waals surface area contributed by atoms with Crippen LogP contribution in [0.2, 0.25) is 0 Å². The molecule has 0 bridgehead atoms. The second kappa shape index (κ2) is 7.61. The summed E-state index contributed by atoms with van der Waals surface area (Å²) in [6.45, 7) is 0. The quantitative estimate of drug-likeness (QED) is 0.421. The van der Waals surface area contributed by atoms with Gasteiger partial charge < -0.3 is 0 Å². The Labute approximate surface area is 152 Å². The molecule has 0 spiro atoms. The van der Waals surface area contributed by atoms with Gasteiger partial charge in [-0.25, -0.2) is 0 Å². The van der Waals surface area contributed by atoms with Gasteiger partial charge in [0.15, 0.2) is 25.8 Å². The lowest BCUT2D eigenvalue weighted by Crippen LogP contribution is -2.11. The van der Waals surface area contributed by atoms with Crippen LogP contribution in [-0.4, -0.2) is 0 Å². The summed E-state index contributed by atoms with van der Waals surface area (Å²) in [5, 5.41) is 3.06. The van der Waals surface area contributed by atoms with E-state index in [1.54, 1.807) is 0 Å². The van der Waals surface area contributed by atoms with Crippen LogP contribution in [0, 0.1) is 11.2 Å². The van der Waals surface area contributed by atoms with Crippen LogP contribution in [0.15, 0.2) is 94.3 Å². The first kappa shape index (κ1) is 16.7. The number of halogens is 1. The molecule has 0 saturated carbocycles. The molecule has 1 nitrogen and oxygen atoms in total. The van der Waals surface area contributed by atoms with E-state index >= 15 is 0 Å². The molecule has 118 valence electrons. The van der Waals surface area contributed by atoms with Gasteiger partial charge in [-0.05, 0) is 42.3 Å². The summed E-state index contributed by atoms with van der Waals surface area (Å²) in [4.78, 5) is 0.774. The predicted molar refractivity (Wildman–Crippen MR) is 104 cm³/mol. The molecule has 24 heavy (non-hydrogen) atoms.